The number of hydrogen-bond donors (Lipinski definition) is 2. The summed E-state index contributed by atoms with van der Waals surface area (Å²) in [5, 5.41) is 13.3. The normalized spacial score (nSPS) is 25.4. The second-order valence-electron chi connectivity index (χ2n) is 5.68. The predicted octanol–water partition coefficient (Wildman–Crippen LogP) is 0.992. The van der Waals surface area contributed by atoms with Crippen molar-refractivity contribution in [3.05, 3.63) is 0 Å². The zero-order valence-corrected chi connectivity index (χ0v) is 10.9. The number of carbonyl (C=O) groups is 1. The van der Waals surface area contributed by atoms with E-state index in [4.69, 9.17) is 0 Å². The van der Waals surface area contributed by atoms with Gasteiger partial charge in [-0.3, -0.25) is 10.2 Å². The maximum Gasteiger partial charge on any atom is 0.233 e. The zero-order chi connectivity index (χ0) is 12.6. The monoisotopic (exact) mass is 229 g/mol. The Hall–Kier alpha value is -0.650. The highest BCUT2D eigenvalue weighted by molar-refractivity contribution is 5.74. The van der Waals surface area contributed by atoms with Gasteiger partial charge in [-0.2, -0.15) is 5.06 Å². The van der Waals surface area contributed by atoms with E-state index in [1.54, 1.807) is 0 Å². The van der Waals surface area contributed by atoms with Gasteiger partial charge in [0.1, 0.15) is 0 Å². The van der Waals surface area contributed by atoms with Crippen molar-refractivity contribution in [2.24, 2.45) is 0 Å². The van der Waals surface area contributed by atoms with Crippen molar-refractivity contribution in [2.75, 3.05) is 13.1 Å². The SMILES string of the molecule is CCC(=O)NN1CC(C)(C)N(O)C(C)(C)C1. The molecule has 94 valence electrons. The third kappa shape index (κ3) is 2.72. The third-order valence-corrected chi connectivity index (χ3v) is 2.91. The van der Waals surface area contributed by atoms with Crippen LogP contribution in [0, 0.1) is 0 Å². The molecular formula is C11H23N3O2. The second kappa shape index (κ2) is 4.31. The summed E-state index contributed by atoms with van der Waals surface area (Å²) in [5.74, 6) is 0.0120. The van der Waals surface area contributed by atoms with Crippen LogP contribution < -0.4 is 5.43 Å². The first-order valence-corrected chi connectivity index (χ1v) is 5.73. The zero-order valence-electron chi connectivity index (χ0n) is 10.9. The first-order valence-electron chi connectivity index (χ1n) is 5.73. The molecule has 0 aromatic carbocycles. The number of hydrazine groups is 1. The Balaban J connectivity index is 2.75. The topological polar surface area (TPSA) is 55.8 Å². The number of nitrogens with zero attached hydrogens (tertiary/aromatic N) is 2. The highest BCUT2D eigenvalue weighted by Crippen LogP contribution is 2.29. The van der Waals surface area contributed by atoms with Gasteiger partial charge in [0.15, 0.2) is 0 Å². The summed E-state index contributed by atoms with van der Waals surface area (Å²) < 4.78 is 0. The van der Waals surface area contributed by atoms with E-state index in [1.165, 1.54) is 5.06 Å². The van der Waals surface area contributed by atoms with Crippen LogP contribution in [0.1, 0.15) is 41.0 Å². The smallest absolute Gasteiger partial charge is 0.233 e. The molecule has 1 aliphatic rings. The molecule has 0 bridgehead atoms. The molecule has 0 aromatic rings. The van der Waals surface area contributed by atoms with Gasteiger partial charge in [0.2, 0.25) is 5.91 Å². The lowest BCUT2D eigenvalue weighted by molar-refractivity contribution is -0.258. The molecule has 5 nitrogen and oxygen atoms in total. The van der Waals surface area contributed by atoms with Crippen LogP contribution in [0.25, 0.3) is 0 Å². The van der Waals surface area contributed by atoms with Crippen LogP contribution in [0.5, 0.6) is 0 Å². The van der Waals surface area contributed by atoms with Gasteiger partial charge in [-0.25, -0.2) is 5.01 Å². The lowest BCUT2D eigenvalue weighted by Crippen LogP contribution is -2.69. The summed E-state index contributed by atoms with van der Waals surface area (Å²) in [5.41, 5.74) is 2.11. The number of carbonyl (C=O) groups excluding carboxylic acids is 1. The number of hydroxylamine groups is 2. The van der Waals surface area contributed by atoms with Crippen LogP contribution in [-0.4, -0.2) is 45.4 Å². The largest absolute Gasteiger partial charge is 0.313 e. The fourth-order valence-electron chi connectivity index (χ4n) is 2.28. The minimum atomic E-state index is -0.372. The van der Waals surface area contributed by atoms with Crippen LogP contribution in [0.4, 0.5) is 0 Å². The summed E-state index contributed by atoms with van der Waals surface area (Å²) >= 11 is 0. The Morgan fingerprint density at radius 2 is 1.69 bits per heavy atom. The van der Waals surface area contributed by atoms with E-state index in [2.05, 4.69) is 5.43 Å². The minimum Gasteiger partial charge on any atom is -0.313 e. The second-order valence-corrected chi connectivity index (χ2v) is 5.68. The summed E-state index contributed by atoms with van der Waals surface area (Å²) in [6.45, 7) is 10.9. The molecule has 0 atom stereocenters. The standard InChI is InChI=1S/C11H23N3O2/c1-6-9(15)12-13-7-10(2,3)14(16)11(4,5)8-13/h16H,6-8H2,1-5H3,(H,12,15). The maximum atomic E-state index is 11.4. The van der Waals surface area contributed by atoms with Gasteiger partial charge in [0.25, 0.3) is 0 Å². The molecule has 0 aliphatic carbocycles. The van der Waals surface area contributed by atoms with E-state index in [9.17, 15) is 10.0 Å². The number of hydrogen-bond acceptors (Lipinski definition) is 4. The highest BCUT2D eigenvalue weighted by atomic mass is 16.5. The Morgan fingerprint density at radius 1 is 1.25 bits per heavy atom. The molecule has 0 radical (unpaired) electrons. The first kappa shape index (κ1) is 13.4. The van der Waals surface area contributed by atoms with E-state index >= 15 is 0 Å². The Bertz CT molecular complexity index is 258. The third-order valence-electron chi connectivity index (χ3n) is 2.91. The van der Waals surface area contributed by atoms with Crippen molar-refractivity contribution in [1.82, 2.24) is 15.5 Å². The molecule has 16 heavy (non-hydrogen) atoms. The van der Waals surface area contributed by atoms with E-state index in [-0.39, 0.29) is 17.0 Å². The number of piperazine rings is 1. The summed E-state index contributed by atoms with van der Waals surface area (Å²) in [6.07, 6.45) is 0.472. The molecule has 1 fully saturated rings. The van der Waals surface area contributed by atoms with Crippen LogP contribution in [0.3, 0.4) is 0 Å². The van der Waals surface area contributed by atoms with E-state index in [0.717, 1.165) is 0 Å². The lowest BCUT2D eigenvalue weighted by atomic mass is 9.91. The van der Waals surface area contributed by atoms with Crippen LogP contribution >= 0.6 is 0 Å². The van der Waals surface area contributed by atoms with E-state index < -0.39 is 0 Å². The fraction of sp³-hybridized carbons (Fsp3) is 0.909. The maximum absolute atomic E-state index is 11.4. The molecule has 2 N–H and O–H groups in total. The van der Waals surface area contributed by atoms with Gasteiger partial charge in [0, 0.05) is 19.5 Å². The van der Waals surface area contributed by atoms with Crippen molar-refractivity contribution in [3.63, 3.8) is 0 Å². The average molecular weight is 229 g/mol. The number of rotatable bonds is 2. The highest BCUT2D eigenvalue weighted by Gasteiger charge is 2.44. The van der Waals surface area contributed by atoms with Gasteiger partial charge < -0.3 is 5.21 Å². The van der Waals surface area contributed by atoms with Gasteiger partial charge in [0.05, 0.1) is 11.1 Å². The fourth-order valence-corrected chi connectivity index (χ4v) is 2.28. The van der Waals surface area contributed by atoms with Gasteiger partial charge >= 0.3 is 0 Å². The minimum absolute atomic E-state index is 0.0120. The van der Waals surface area contributed by atoms with Crippen molar-refractivity contribution in [2.45, 2.75) is 52.1 Å². The van der Waals surface area contributed by atoms with Crippen LogP contribution in [0.15, 0.2) is 0 Å². The molecule has 5 heteroatoms. The Labute approximate surface area is 97.3 Å². The Kier molecular flexibility index (Phi) is 3.62. The van der Waals surface area contributed by atoms with Crippen molar-refractivity contribution in [3.8, 4) is 0 Å². The number of nitrogens with one attached hydrogen (secondary N) is 1. The van der Waals surface area contributed by atoms with Gasteiger partial charge in [-0.15, -0.1) is 0 Å². The molecular weight excluding hydrogens is 206 g/mol. The van der Waals surface area contributed by atoms with Gasteiger partial charge in [-0.05, 0) is 27.7 Å². The van der Waals surface area contributed by atoms with Crippen LogP contribution in [0.2, 0.25) is 0 Å². The van der Waals surface area contributed by atoms with Crippen molar-refractivity contribution < 1.29 is 10.0 Å². The van der Waals surface area contributed by atoms with Crippen molar-refractivity contribution in [1.29, 1.82) is 0 Å². The molecule has 1 heterocycles. The lowest BCUT2D eigenvalue weighted by Gasteiger charge is -2.52. The average Bonchev–Trinajstić information content (AvgIpc) is 2.13. The van der Waals surface area contributed by atoms with E-state index in [0.29, 0.717) is 19.5 Å². The predicted molar refractivity (Wildman–Crippen MR) is 61.8 cm³/mol. The molecule has 1 saturated heterocycles. The molecule has 0 saturated carbocycles. The molecule has 0 aromatic heterocycles. The number of amides is 1. The molecule has 1 rings (SSSR count). The molecule has 0 spiro atoms. The molecule has 1 aliphatic heterocycles. The summed E-state index contributed by atoms with van der Waals surface area (Å²) in [7, 11) is 0. The quantitative estimate of drug-likeness (QED) is 0.741. The molecule has 1 amide bonds. The van der Waals surface area contributed by atoms with Gasteiger partial charge in [-0.1, -0.05) is 6.92 Å². The van der Waals surface area contributed by atoms with Crippen molar-refractivity contribution >= 4 is 5.91 Å². The van der Waals surface area contributed by atoms with E-state index in [1.807, 2.05) is 39.6 Å². The summed E-state index contributed by atoms with van der Waals surface area (Å²) in [4.78, 5) is 11.4. The Morgan fingerprint density at radius 3 is 2.06 bits per heavy atom. The van der Waals surface area contributed by atoms with Crippen LogP contribution in [-0.2, 0) is 4.79 Å². The molecule has 0 unspecified atom stereocenters. The first-order chi connectivity index (χ1) is 7.19. The summed E-state index contributed by atoms with van der Waals surface area (Å²) in [6, 6.07) is 0.